The molecule has 1 saturated heterocycles. The quantitative estimate of drug-likeness (QED) is 0.600. The summed E-state index contributed by atoms with van der Waals surface area (Å²) in [5, 5.41) is 6.46. The predicted octanol–water partition coefficient (Wildman–Crippen LogP) is 1.96. The fourth-order valence-electron chi connectivity index (χ4n) is 3.89. The van der Waals surface area contributed by atoms with Gasteiger partial charge in [0, 0.05) is 26.7 Å². The molecule has 2 N–H and O–H groups in total. The van der Waals surface area contributed by atoms with E-state index in [-0.39, 0.29) is 12.1 Å². The van der Waals surface area contributed by atoms with Gasteiger partial charge in [-0.1, -0.05) is 6.42 Å². The molecule has 0 aromatic heterocycles. The molecule has 1 spiro atoms. The number of hydrogen-bond acceptors (Lipinski definition) is 3. The third-order valence-corrected chi connectivity index (χ3v) is 5.61. The van der Waals surface area contributed by atoms with Gasteiger partial charge in [-0.05, 0) is 50.4 Å². The summed E-state index contributed by atoms with van der Waals surface area (Å²) in [5.74, 6) is 1.55. The van der Waals surface area contributed by atoms with Crippen molar-refractivity contribution in [2.45, 2.75) is 51.5 Å². The number of alkyl carbamates (subject to hydrolysis) is 1. The first-order valence-electron chi connectivity index (χ1n) is 9.05. The molecule has 23 heavy (non-hydrogen) atoms. The lowest BCUT2D eigenvalue weighted by molar-refractivity contribution is 0.146. The van der Waals surface area contributed by atoms with Crippen LogP contribution in [-0.2, 0) is 4.74 Å². The molecule has 1 unspecified atom stereocenters. The molecule has 2 saturated carbocycles. The van der Waals surface area contributed by atoms with Crippen molar-refractivity contribution in [1.29, 1.82) is 0 Å². The fourth-order valence-corrected chi connectivity index (χ4v) is 3.89. The second-order valence-corrected chi connectivity index (χ2v) is 7.26. The van der Waals surface area contributed by atoms with Crippen LogP contribution < -0.4 is 10.6 Å². The number of rotatable bonds is 5. The summed E-state index contributed by atoms with van der Waals surface area (Å²) in [6.45, 7) is 5.19. The van der Waals surface area contributed by atoms with E-state index in [0.29, 0.717) is 17.9 Å². The van der Waals surface area contributed by atoms with Crippen molar-refractivity contribution in [3.63, 3.8) is 0 Å². The van der Waals surface area contributed by atoms with Crippen molar-refractivity contribution >= 4 is 12.1 Å². The highest BCUT2D eigenvalue weighted by Gasteiger charge is 2.43. The molecule has 3 aliphatic rings. The van der Waals surface area contributed by atoms with Crippen LogP contribution in [0.25, 0.3) is 0 Å². The first-order chi connectivity index (χ1) is 11.2. The average Bonchev–Trinajstić information content (AvgIpc) is 3.24. The van der Waals surface area contributed by atoms with E-state index in [0.717, 1.165) is 25.6 Å². The summed E-state index contributed by atoms with van der Waals surface area (Å²) in [6.07, 6.45) is 7.48. The Hall–Kier alpha value is -1.46. The number of nitrogens with one attached hydrogen (secondary N) is 2. The highest BCUT2D eigenvalue weighted by molar-refractivity contribution is 5.80. The largest absolute Gasteiger partial charge is 0.450 e. The number of carbonyl (C=O) groups excluding carboxylic acids is 1. The lowest BCUT2D eigenvalue weighted by Crippen LogP contribution is -2.49. The van der Waals surface area contributed by atoms with Crippen LogP contribution in [0.4, 0.5) is 4.79 Å². The lowest BCUT2D eigenvalue weighted by Gasteiger charge is -2.38. The van der Waals surface area contributed by atoms with Crippen LogP contribution >= 0.6 is 0 Å². The van der Waals surface area contributed by atoms with Crippen molar-refractivity contribution in [3.05, 3.63) is 0 Å². The molecule has 0 radical (unpaired) electrons. The molecular formula is C17H30N4O2. The van der Waals surface area contributed by atoms with Gasteiger partial charge in [0.1, 0.15) is 0 Å². The van der Waals surface area contributed by atoms with E-state index < -0.39 is 0 Å². The van der Waals surface area contributed by atoms with Gasteiger partial charge in [0.2, 0.25) is 0 Å². The van der Waals surface area contributed by atoms with E-state index in [4.69, 9.17) is 4.74 Å². The zero-order valence-corrected chi connectivity index (χ0v) is 14.4. The van der Waals surface area contributed by atoms with Gasteiger partial charge in [-0.15, -0.1) is 0 Å². The molecule has 1 amide bonds. The summed E-state index contributed by atoms with van der Waals surface area (Å²) in [6, 6.07) is 0.131. The lowest BCUT2D eigenvalue weighted by atomic mass is 9.68. The van der Waals surface area contributed by atoms with Crippen LogP contribution in [-0.4, -0.2) is 56.3 Å². The second-order valence-electron chi connectivity index (χ2n) is 7.26. The number of ether oxygens (including phenoxy) is 1. The maximum atomic E-state index is 11.7. The Kier molecular flexibility index (Phi) is 4.97. The zero-order valence-electron chi connectivity index (χ0n) is 14.4. The third kappa shape index (κ3) is 3.90. The molecule has 1 heterocycles. The van der Waals surface area contributed by atoms with Crippen LogP contribution in [0.5, 0.6) is 0 Å². The van der Waals surface area contributed by atoms with E-state index in [9.17, 15) is 4.79 Å². The summed E-state index contributed by atoms with van der Waals surface area (Å²) in [4.78, 5) is 18.5. The number of aliphatic imine (C=N–C) groups is 1. The summed E-state index contributed by atoms with van der Waals surface area (Å²) < 4.78 is 5.01. The molecule has 0 bridgehead atoms. The van der Waals surface area contributed by atoms with Gasteiger partial charge in [-0.3, -0.25) is 4.99 Å². The molecule has 3 rings (SSSR count). The van der Waals surface area contributed by atoms with Gasteiger partial charge in [-0.25, -0.2) is 4.79 Å². The molecular weight excluding hydrogens is 292 g/mol. The standard InChI is InChI=1S/C17H30N4O2/c1-3-23-16(22)20-14(13-5-6-13)11-19-15(18-2)21-10-9-17(12-21)7-4-8-17/h13-14H,3-12H2,1-2H3,(H,18,19)(H,20,22). The van der Waals surface area contributed by atoms with Crippen LogP contribution in [0.15, 0.2) is 4.99 Å². The summed E-state index contributed by atoms with van der Waals surface area (Å²) in [5.41, 5.74) is 0.566. The minimum Gasteiger partial charge on any atom is -0.450 e. The summed E-state index contributed by atoms with van der Waals surface area (Å²) in [7, 11) is 1.85. The van der Waals surface area contributed by atoms with Gasteiger partial charge in [-0.2, -0.15) is 0 Å². The highest BCUT2D eigenvalue weighted by atomic mass is 16.5. The molecule has 6 heteroatoms. The van der Waals surface area contributed by atoms with Crippen molar-refractivity contribution in [3.8, 4) is 0 Å². The Morgan fingerprint density at radius 1 is 1.39 bits per heavy atom. The number of hydrogen-bond donors (Lipinski definition) is 2. The van der Waals surface area contributed by atoms with E-state index >= 15 is 0 Å². The van der Waals surface area contributed by atoms with Crippen LogP contribution in [0.3, 0.4) is 0 Å². The topological polar surface area (TPSA) is 66.0 Å². The van der Waals surface area contributed by atoms with E-state index in [1.165, 1.54) is 38.5 Å². The van der Waals surface area contributed by atoms with Crippen LogP contribution in [0.2, 0.25) is 0 Å². The smallest absolute Gasteiger partial charge is 0.407 e. The summed E-state index contributed by atoms with van der Waals surface area (Å²) >= 11 is 0. The Balaban J connectivity index is 1.49. The van der Waals surface area contributed by atoms with Crippen LogP contribution in [0.1, 0.15) is 45.4 Å². The molecule has 130 valence electrons. The number of guanidine groups is 1. The van der Waals surface area contributed by atoms with Gasteiger partial charge < -0.3 is 20.3 Å². The Labute approximate surface area is 139 Å². The number of nitrogens with zero attached hydrogens (tertiary/aromatic N) is 2. The minimum absolute atomic E-state index is 0.131. The van der Waals surface area contributed by atoms with Crippen molar-refractivity contribution in [1.82, 2.24) is 15.5 Å². The Morgan fingerprint density at radius 3 is 2.70 bits per heavy atom. The van der Waals surface area contributed by atoms with Crippen molar-refractivity contribution in [2.75, 3.05) is 33.3 Å². The zero-order chi connectivity index (χ0) is 16.3. The maximum absolute atomic E-state index is 11.7. The van der Waals surface area contributed by atoms with Gasteiger partial charge in [0.15, 0.2) is 5.96 Å². The molecule has 1 atom stereocenters. The van der Waals surface area contributed by atoms with Crippen molar-refractivity contribution in [2.24, 2.45) is 16.3 Å². The highest BCUT2D eigenvalue weighted by Crippen LogP contribution is 2.47. The Bertz CT molecular complexity index is 458. The number of amides is 1. The second kappa shape index (κ2) is 6.97. The number of carbonyl (C=O) groups is 1. The predicted molar refractivity (Wildman–Crippen MR) is 90.5 cm³/mol. The molecule has 6 nitrogen and oxygen atoms in total. The molecule has 0 aromatic rings. The normalized spacial score (nSPS) is 24.3. The minimum atomic E-state index is -0.309. The first-order valence-corrected chi connectivity index (χ1v) is 9.05. The van der Waals surface area contributed by atoms with E-state index in [1.807, 2.05) is 14.0 Å². The molecule has 3 fully saturated rings. The average molecular weight is 322 g/mol. The van der Waals surface area contributed by atoms with Crippen molar-refractivity contribution < 1.29 is 9.53 Å². The molecule has 1 aliphatic heterocycles. The number of likely N-dealkylation sites (tertiary alicyclic amines) is 1. The molecule has 0 aromatic carbocycles. The van der Waals surface area contributed by atoms with E-state index in [1.54, 1.807) is 0 Å². The first kappa shape index (κ1) is 16.4. The van der Waals surface area contributed by atoms with Gasteiger partial charge in [0.05, 0.1) is 12.6 Å². The van der Waals surface area contributed by atoms with E-state index in [2.05, 4.69) is 20.5 Å². The maximum Gasteiger partial charge on any atom is 0.407 e. The van der Waals surface area contributed by atoms with Gasteiger partial charge >= 0.3 is 6.09 Å². The monoisotopic (exact) mass is 322 g/mol. The van der Waals surface area contributed by atoms with Gasteiger partial charge in [0.25, 0.3) is 0 Å². The fraction of sp³-hybridized carbons (Fsp3) is 0.882. The Morgan fingerprint density at radius 2 is 2.17 bits per heavy atom. The van der Waals surface area contributed by atoms with Crippen LogP contribution in [0, 0.1) is 11.3 Å². The third-order valence-electron chi connectivity index (χ3n) is 5.61. The SMILES string of the molecule is CCOC(=O)NC(CNC(=NC)N1CCC2(CCC2)C1)C1CC1. The molecule has 2 aliphatic carbocycles.